The van der Waals surface area contributed by atoms with Crippen molar-refractivity contribution in [3.8, 4) is 6.07 Å². The summed E-state index contributed by atoms with van der Waals surface area (Å²) in [5.41, 5.74) is 2.05. The van der Waals surface area contributed by atoms with Gasteiger partial charge in [0.2, 0.25) is 0 Å². The van der Waals surface area contributed by atoms with Gasteiger partial charge in [-0.2, -0.15) is 5.26 Å². The SMILES string of the molecule is N#CCn1c(CN2CCCC2)nc2ccccc21. The van der Waals surface area contributed by atoms with Crippen LogP contribution in [0.25, 0.3) is 11.0 Å². The number of para-hydroxylation sites is 2. The zero-order chi connectivity index (χ0) is 12.4. The Hall–Kier alpha value is -1.86. The number of rotatable bonds is 3. The van der Waals surface area contributed by atoms with Crippen LogP contribution >= 0.6 is 0 Å². The van der Waals surface area contributed by atoms with Gasteiger partial charge in [0.1, 0.15) is 12.4 Å². The van der Waals surface area contributed by atoms with E-state index in [-0.39, 0.29) is 0 Å². The Balaban J connectivity index is 1.98. The van der Waals surface area contributed by atoms with Gasteiger partial charge in [0.25, 0.3) is 0 Å². The van der Waals surface area contributed by atoms with Crippen LogP contribution in [0.5, 0.6) is 0 Å². The fourth-order valence-electron chi connectivity index (χ4n) is 2.63. The summed E-state index contributed by atoms with van der Waals surface area (Å²) in [4.78, 5) is 7.08. The third-order valence-corrected chi connectivity index (χ3v) is 3.53. The Labute approximate surface area is 106 Å². The molecule has 0 saturated carbocycles. The van der Waals surface area contributed by atoms with Crippen molar-refractivity contribution in [1.29, 1.82) is 5.26 Å². The van der Waals surface area contributed by atoms with Crippen LogP contribution in [-0.4, -0.2) is 27.5 Å². The van der Waals surface area contributed by atoms with Crippen molar-refractivity contribution in [2.75, 3.05) is 13.1 Å². The lowest BCUT2D eigenvalue weighted by Crippen LogP contribution is -2.21. The lowest BCUT2D eigenvalue weighted by molar-refractivity contribution is 0.318. The van der Waals surface area contributed by atoms with E-state index in [4.69, 9.17) is 5.26 Å². The molecule has 92 valence electrons. The molecule has 0 atom stereocenters. The van der Waals surface area contributed by atoms with E-state index in [1.807, 2.05) is 28.8 Å². The molecule has 1 aromatic heterocycles. The molecular formula is C14H16N4. The second-order valence-corrected chi connectivity index (χ2v) is 4.74. The number of imidazole rings is 1. The van der Waals surface area contributed by atoms with Crippen molar-refractivity contribution >= 4 is 11.0 Å². The molecule has 2 aromatic rings. The lowest BCUT2D eigenvalue weighted by Gasteiger charge is -2.14. The Kier molecular flexibility index (Phi) is 2.99. The molecule has 1 saturated heterocycles. The van der Waals surface area contributed by atoms with Crippen molar-refractivity contribution in [3.05, 3.63) is 30.1 Å². The Morgan fingerprint density at radius 2 is 2.00 bits per heavy atom. The molecule has 1 aliphatic heterocycles. The molecule has 0 N–H and O–H groups in total. The lowest BCUT2D eigenvalue weighted by atomic mass is 10.3. The topological polar surface area (TPSA) is 44.9 Å². The van der Waals surface area contributed by atoms with E-state index in [1.165, 1.54) is 12.8 Å². The van der Waals surface area contributed by atoms with Gasteiger partial charge in [-0.3, -0.25) is 4.90 Å². The van der Waals surface area contributed by atoms with Gasteiger partial charge in [-0.25, -0.2) is 4.98 Å². The van der Waals surface area contributed by atoms with Crippen molar-refractivity contribution in [1.82, 2.24) is 14.5 Å². The fraction of sp³-hybridized carbons (Fsp3) is 0.429. The molecule has 0 spiro atoms. The molecule has 1 fully saturated rings. The normalized spacial score (nSPS) is 16.2. The molecule has 18 heavy (non-hydrogen) atoms. The van der Waals surface area contributed by atoms with Crippen LogP contribution in [0.15, 0.2) is 24.3 Å². The van der Waals surface area contributed by atoms with Gasteiger partial charge < -0.3 is 4.57 Å². The quantitative estimate of drug-likeness (QED) is 0.825. The van der Waals surface area contributed by atoms with Crippen LogP contribution in [0.1, 0.15) is 18.7 Å². The number of likely N-dealkylation sites (tertiary alicyclic amines) is 1. The van der Waals surface area contributed by atoms with Gasteiger partial charge in [-0.15, -0.1) is 0 Å². The first-order valence-corrected chi connectivity index (χ1v) is 6.42. The molecule has 0 radical (unpaired) electrons. The highest BCUT2D eigenvalue weighted by molar-refractivity contribution is 5.75. The molecule has 4 nitrogen and oxygen atoms in total. The fourth-order valence-corrected chi connectivity index (χ4v) is 2.63. The van der Waals surface area contributed by atoms with Crippen LogP contribution < -0.4 is 0 Å². The number of hydrogen-bond donors (Lipinski definition) is 0. The van der Waals surface area contributed by atoms with Crippen molar-refractivity contribution in [3.63, 3.8) is 0 Å². The summed E-state index contributed by atoms with van der Waals surface area (Å²) in [6, 6.07) is 10.3. The third kappa shape index (κ3) is 1.98. The number of fused-ring (bicyclic) bond motifs is 1. The number of hydrogen-bond acceptors (Lipinski definition) is 3. The highest BCUT2D eigenvalue weighted by Crippen LogP contribution is 2.18. The maximum atomic E-state index is 8.97. The molecule has 0 unspecified atom stereocenters. The Bertz CT molecular complexity index is 587. The minimum Gasteiger partial charge on any atom is -0.313 e. The smallest absolute Gasteiger partial charge is 0.125 e. The van der Waals surface area contributed by atoms with Gasteiger partial charge in [-0.1, -0.05) is 12.1 Å². The first kappa shape index (κ1) is 11.2. The van der Waals surface area contributed by atoms with E-state index in [9.17, 15) is 0 Å². The van der Waals surface area contributed by atoms with Gasteiger partial charge >= 0.3 is 0 Å². The predicted octanol–water partition coefficient (Wildman–Crippen LogP) is 2.16. The Morgan fingerprint density at radius 1 is 1.22 bits per heavy atom. The van der Waals surface area contributed by atoms with Crippen molar-refractivity contribution in [2.24, 2.45) is 0 Å². The average molecular weight is 240 g/mol. The minimum atomic E-state index is 0.379. The zero-order valence-electron chi connectivity index (χ0n) is 10.3. The summed E-state index contributed by atoms with van der Waals surface area (Å²) >= 11 is 0. The van der Waals surface area contributed by atoms with E-state index in [0.717, 1.165) is 36.5 Å². The van der Waals surface area contributed by atoms with Crippen LogP contribution in [-0.2, 0) is 13.1 Å². The predicted molar refractivity (Wildman–Crippen MR) is 69.9 cm³/mol. The highest BCUT2D eigenvalue weighted by Gasteiger charge is 2.16. The Morgan fingerprint density at radius 3 is 2.78 bits per heavy atom. The van der Waals surface area contributed by atoms with Gasteiger partial charge in [0.05, 0.1) is 23.6 Å². The summed E-state index contributed by atoms with van der Waals surface area (Å²) < 4.78 is 2.04. The molecule has 0 aliphatic carbocycles. The number of benzene rings is 1. The third-order valence-electron chi connectivity index (χ3n) is 3.53. The molecule has 1 aliphatic rings. The summed E-state index contributed by atoms with van der Waals surface area (Å²) in [6.07, 6.45) is 2.55. The molecule has 4 heteroatoms. The first-order valence-electron chi connectivity index (χ1n) is 6.42. The standard InChI is InChI=1S/C14H16N4/c15-7-10-18-13-6-2-1-5-12(13)16-14(18)11-17-8-3-4-9-17/h1-2,5-6H,3-4,8-11H2. The van der Waals surface area contributed by atoms with Crippen LogP contribution in [0.4, 0.5) is 0 Å². The molecule has 0 amide bonds. The van der Waals surface area contributed by atoms with Gasteiger partial charge in [0, 0.05) is 0 Å². The van der Waals surface area contributed by atoms with Gasteiger partial charge in [-0.05, 0) is 38.1 Å². The second kappa shape index (κ2) is 4.79. The van der Waals surface area contributed by atoms with E-state index in [2.05, 4.69) is 16.0 Å². The number of aromatic nitrogens is 2. The monoisotopic (exact) mass is 240 g/mol. The van der Waals surface area contributed by atoms with Crippen molar-refractivity contribution < 1.29 is 0 Å². The molecular weight excluding hydrogens is 224 g/mol. The maximum Gasteiger partial charge on any atom is 0.125 e. The van der Waals surface area contributed by atoms with Crippen LogP contribution in [0, 0.1) is 11.3 Å². The molecule has 0 bridgehead atoms. The van der Waals surface area contributed by atoms with Crippen LogP contribution in [0.2, 0.25) is 0 Å². The molecule has 3 rings (SSSR count). The summed E-state index contributed by atoms with van der Waals surface area (Å²) in [6.45, 7) is 3.53. The number of nitriles is 1. The largest absolute Gasteiger partial charge is 0.313 e. The zero-order valence-corrected chi connectivity index (χ0v) is 10.3. The van der Waals surface area contributed by atoms with E-state index < -0.39 is 0 Å². The van der Waals surface area contributed by atoms with Gasteiger partial charge in [0.15, 0.2) is 0 Å². The van der Waals surface area contributed by atoms with Crippen LogP contribution in [0.3, 0.4) is 0 Å². The average Bonchev–Trinajstić information content (AvgIpc) is 3.00. The maximum absolute atomic E-state index is 8.97. The highest BCUT2D eigenvalue weighted by atomic mass is 15.2. The second-order valence-electron chi connectivity index (χ2n) is 4.74. The summed E-state index contributed by atoms with van der Waals surface area (Å²) in [7, 11) is 0. The summed E-state index contributed by atoms with van der Waals surface area (Å²) in [5.74, 6) is 1.01. The first-order chi connectivity index (χ1) is 8.88. The van der Waals surface area contributed by atoms with E-state index >= 15 is 0 Å². The van der Waals surface area contributed by atoms with Crippen molar-refractivity contribution in [2.45, 2.75) is 25.9 Å². The minimum absolute atomic E-state index is 0.379. The van der Waals surface area contributed by atoms with E-state index in [1.54, 1.807) is 0 Å². The molecule has 2 heterocycles. The van der Waals surface area contributed by atoms with E-state index in [0.29, 0.717) is 6.54 Å². The molecule has 1 aromatic carbocycles. The number of nitrogens with zero attached hydrogens (tertiary/aromatic N) is 4. The summed E-state index contributed by atoms with van der Waals surface area (Å²) in [5, 5.41) is 8.97.